The van der Waals surface area contributed by atoms with Crippen LogP contribution in [0.15, 0.2) is 22.7 Å². The number of thiazole rings is 1. The van der Waals surface area contributed by atoms with Crippen LogP contribution >= 0.6 is 27.3 Å². The highest BCUT2D eigenvalue weighted by Gasteiger charge is 2.16. The van der Waals surface area contributed by atoms with Crippen molar-refractivity contribution in [2.45, 2.75) is 39.8 Å². The van der Waals surface area contributed by atoms with Gasteiger partial charge in [-0.3, -0.25) is 0 Å². The number of nitrogens with zero attached hydrogens (tertiary/aromatic N) is 1. The lowest BCUT2D eigenvalue weighted by Crippen LogP contribution is -2.23. The highest BCUT2D eigenvalue weighted by Crippen LogP contribution is 2.30. The number of nitrogens with one attached hydrogen (secondary N) is 1. The molecule has 0 fully saturated rings. The molecule has 21 heavy (non-hydrogen) atoms. The smallest absolute Gasteiger partial charge is 0.133 e. The van der Waals surface area contributed by atoms with Gasteiger partial charge < -0.3 is 10.1 Å². The number of halogens is 1. The zero-order chi connectivity index (χ0) is 15.6. The molecule has 0 amide bonds. The van der Waals surface area contributed by atoms with Crippen molar-refractivity contribution in [3.05, 3.63) is 43.8 Å². The molecular formula is C16H21BrN2OS. The zero-order valence-corrected chi connectivity index (χ0v) is 15.4. The first kappa shape index (κ1) is 16.5. The number of methoxy groups -OCH3 is 1. The van der Waals surface area contributed by atoms with Crippen molar-refractivity contribution < 1.29 is 4.74 Å². The molecule has 2 unspecified atom stereocenters. The molecule has 3 nitrogen and oxygen atoms in total. The highest BCUT2D eigenvalue weighted by molar-refractivity contribution is 9.10. The van der Waals surface area contributed by atoms with Crippen LogP contribution in [-0.2, 0) is 0 Å². The predicted octanol–water partition coefficient (Wildman–Crippen LogP) is 4.94. The Morgan fingerprint density at radius 1 is 1.24 bits per heavy atom. The fourth-order valence-electron chi connectivity index (χ4n) is 2.45. The fourth-order valence-corrected chi connectivity index (χ4v) is 3.92. The van der Waals surface area contributed by atoms with E-state index >= 15 is 0 Å². The third-order valence-corrected chi connectivity index (χ3v) is 5.05. The Morgan fingerprint density at radius 3 is 2.48 bits per heavy atom. The van der Waals surface area contributed by atoms with Gasteiger partial charge in [0, 0.05) is 17.0 Å². The minimum absolute atomic E-state index is 0.228. The minimum atomic E-state index is 0.228. The third-order valence-electron chi connectivity index (χ3n) is 3.53. The van der Waals surface area contributed by atoms with Crippen LogP contribution in [0.4, 0.5) is 0 Å². The van der Waals surface area contributed by atoms with Crippen LogP contribution < -0.4 is 10.1 Å². The number of ether oxygens (including phenoxy) is 1. The number of aromatic nitrogens is 1. The molecule has 2 rings (SSSR count). The van der Waals surface area contributed by atoms with Gasteiger partial charge in [0.25, 0.3) is 0 Å². The maximum absolute atomic E-state index is 5.27. The lowest BCUT2D eigenvalue weighted by atomic mass is 10.1. The standard InChI is InChI=1S/C16H21BrN2OS/c1-9(13-6-7-15(20-5)14(17)8-13)18-10(2)16-11(3)21-12(4)19-16/h6-10,18H,1-5H3. The van der Waals surface area contributed by atoms with Crippen LogP contribution in [0.3, 0.4) is 0 Å². The topological polar surface area (TPSA) is 34.1 Å². The quantitative estimate of drug-likeness (QED) is 0.810. The molecule has 0 aliphatic rings. The number of benzene rings is 1. The molecule has 2 atom stereocenters. The SMILES string of the molecule is COc1ccc(C(C)NC(C)c2nc(C)sc2C)cc1Br. The molecule has 0 radical (unpaired) electrons. The molecule has 0 saturated heterocycles. The van der Waals surface area contributed by atoms with E-state index in [4.69, 9.17) is 4.74 Å². The van der Waals surface area contributed by atoms with Crippen molar-refractivity contribution in [2.24, 2.45) is 0 Å². The average Bonchev–Trinajstić information content (AvgIpc) is 2.77. The molecular weight excluding hydrogens is 348 g/mol. The van der Waals surface area contributed by atoms with E-state index in [0.29, 0.717) is 0 Å². The molecule has 114 valence electrons. The van der Waals surface area contributed by atoms with Gasteiger partial charge in [-0.05, 0) is 61.3 Å². The highest BCUT2D eigenvalue weighted by atomic mass is 79.9. The van der Waals surface area contributed by atoms with E-state index in [1.807, 2.05) is 6.07 Å². The van der Waals surface area contributed by atoms with Crippen molar-refractivity contribution in [3.8, 4) is 5.75 Å². The second-order valence-corrected chi connectivity index (χ2v) is 7.44. The molecule has 0 saturated carbocycles. The van der Waals surface area contributed by atoms with E-state index in [1.165, 1.54) is 10.4 Å². The largest absolute Gasteiger partial charge is 0.496 e. The fraction of sp³-hybridized carbons (Fsp3) is 0.438. The summed E-state index contributed by atoms with van der Waals surface area (Å²) in [6.07, 6.45) is 0. The summed E-state index contributed by atoms with van der Waals surface area (Å²) in [5.74, 6) is 0.852. The maximum Gasteiger partial charge on any atom is 0.133 e. The van der Waals surface area contributed by atoms with Gasteiger partial charge in [0.1, 0.15) is 5.75 Å². The Labute approximate surface area is 138 Å². The molecule has 1 aromatic carbocycles. The number of hydrogen-bond donors (Lipinski definition) is 1. The Balaban J connectivity index is 2.12. The van der Waals surface area contributed by atoms with E-state index in [2.05, 4.69) is 66.1 Å². The number of aryl methyl sites for hydroxylation is 2. The molecule has 0 spiro atoms. The van der Waals surface area contributed by atoms with Crippen LogP contribution in [0.25, 0.3) is 0 Å². The van der Waals surface area contributed by atoms with Crippen molar-refractivity contribution >= 4 is 27.3 Å². The molecule has 1 aromatic heterocycles. The second kappa shape index (κ2) is 6.90. The van der Waals surface area contributed by atoms with Crippen molar-refractivity contribution in [2.75, 3.05) is 7.11 Å². The third kappa shape index (κ3) is 3.84. The molecule has 1 heterocycles. The van der Waals surface area contributed by atoms with Gasteiger partial charge >= 0.3 is 0 Å². The molecule has 0 aliphatic heterocycles. The summed E-state index contributed by atoms with van der Waals surface area (Å²) in [6, 6.07) is 6.64. The summed E-state index contributed by atoms with van der Waals surface area (Å²) >= 11 is 5.29. The second-order valence-electron chi connectivity index (χ2n) is 5.18. The van der Waals surface area contributed by atoms with Crippen LogP contribution in [0.5, 0.6) is 5.75 Å². The zero-order valence-electron chi connectivity index (χ0n) is 13.0. The summed E-state index contributed by atoms with van der Waals surface area (Å²) in [5.41, 5.74) is 2.37. The average molecular weight is 369 g/mol. The Bertz CT molecular complexity index is 627. The Morgan fingerprint density at radius 2 is 1.95 bits per heavy atom. The Kier molecular flexibility index (Phi) is 5.41. The normalized spacial score (nSPS) is 14.0. The van der Waals surface area contributed by atoms with E-state index in [0.717, 1.165) is 20.9 Å². The molecule has 0 bridgehead atoms. The number of hydrogen-bond acceptors (Lipinski definition) is 4. The van der Waals surface area contributed by atoms with Crippen LogP contribution in [0.2, 0.25) is 0 Å². The summed E-state index contributed by atoms with van der Waals surface area (Å²) in [4.78, 5) is 5.92. The van der Waals surface area contributed by atoms with E-state index in [9.17, 15) is 0 Å². The monoisotopic (exact) mass is 368 g/mol. The van der Waals surface area contributed by atoms with Gasteiger partial charge in [0.15, 0.2) is 0 Å². The van der Waals surface area contributed by atoms with Crippen molar-refractivity contribution in [1.82, 2.24) is 10.3 Å². The molecule has 0 aliphatic carbocycles. The molecule has 1 N–H and O–H groups in total. The first-order chi connectivity index (χ1) is 9.92. The van der Waals surface area contributed by atoms with Crippen molar-refractivity contribution in [3.63, 3.8) is 0 Å². The van der Waals surface area contributed by atoms with E-state index in [-0.39, 0.29) is 12.1 Å². The van der Waals surface area contributed by atoms with Crippen LogP contribution in [0.1, 0.15) is 47.1 Å². The van der Waals surface area contributed by atoms with E-state index < -0.39 is 0 Å². The van der Waals surface area contributed by atoms with Gasteiger partial charge in [-0.2, -0.15) is 0 Å². The molecule has 2 aromatic rings. The lowest BCUT2D eigenvalue weighted by molar-refractivity contribution is 0.411. The van der Waals surface area contributed by atoms with Crippen LogP contribution in [-0.4, -0.2) is 12.1 Å². The van der Waals surface area contributed by atoms with Crippen molar-refractivity contribution in [1.29, 1.82) is 0 Å². The van der Waals surface area contributed by atoms with Gasteiger partial charge in [-0.25, -0.2) is 4.98 Å². The van der Waals surface area contributed by atoms with Gasteiger partial charge in [0.2, 0.25) is 0 Å². The summed E-state index contributed by atoms with van der Waals surface area (Å²) in [5, 5.41) is 4.74. The molecule has 5 heteroatoms. The first-order valence-electron chi connectivity index (χ1n) is 6.95. The van der Waals surface area contributed by atoms with E-state index in [1.54, 1.807) is 18.4 Å². The summed E-state index contributed by atoms with van der Waals surface area (Å²) in [7, 11) is 1.68. The van der Waals surface area contributed by atoms with Gasteiger partial charge in [-0.15, -0.1) is 11.3 Å². The summed E-state index contributed by atoms with van der Waals surface area (Å²) in [6.45, 7) is 8.51. The summed E-state index contributed by atoms with van der Waals surface area (Å²) < 4.78 is 6.25. The lowest BCUT2D eigenvalue weighted by Gasteiger charge is -2.20. The first-order valence-corrected chi connectivity index (χ1v) is 8.56. The maximum atomic E-state index is 5.27. The predicted molar refractivity (Wildman–Crippen MR) is 92.2 cm³/mol. The van der Waals surface area contributed by atoms with Gasteiger partial charge in [0.05, 0.1) is 22.3 Å². The minimum Gasteiger partial charge on any atom is -0.496 e. The van der Waals surface area contributed by atoms with Gasteiger partial charge in [-0.1, -0.05) is 6.07 Å². The van der Waals surface area contributed by atoms with Crippen LogP contribution in [0, 0.1) is 13.8 Å². The number of rotatable bonds is 5. The Hall–Kier alpha value is -0.910.